The average Bonchev–Trinajstić information content (AvgIpc) is 3.32. The third kappa shape index (κ3) is 11.6. The van der Waals surface area contributed by atoms with E-state index in [4.69, 9.17) is 61.6 Å². The van der Waals surface area contributed by atoms with Crippen molar-refractivity contribution in [3.63, 3.8) is 0 Å². The molecule has 33 nitrogen and oxygen atoms in total. The Kier molecular flexibility index (Phi) is 19.4. The van der Waals surface area contributed by atoms with E-state index in [1.54, 1.807) is 0 Å². The zero-order chi connectivity index (χ0) is 52.7. The SMILES string of the molecule is CO[C@H]1[C@@H](O)[C@@H](CO)O[C@@H](O[C@@H]2[C@H](OC)[C@@H](O)[C@H](O[C@@H]3[C@@H](O)[C@@H](O[C@H]4O[C@H](C(=O)O)[C@H](O[C@H]5O[C@H](C(=O)O)[C@H](O[C@H]6O[C@H](C(=O)O)[C@H](O)[C@H](O)[C@H]6O)[C@H](O)[C@H]5O)[C@H](O)[C@H]4O)C(O)O[C@H]3C)O[C@@H]2CO)[C@@H]1O. The Morgan fingerprint density at radius 2 is 0.746 bits per heavy atom. The molecule has 71 heavy (non-hydrogen) atoms. The highest BCUT2D eigenvalue weighted by atomic mass is 16.8. The van der Waals surface area contributed by atoms with E-state index < -0.39 is 215 Å². The van der Waals surface area contributed by atoms with E-state index in [0.29, 0.717) is 0 Å². The summed E-state index contributed by atoms with van der Waals surface area (Å²) in [5.41, 5.74) is 0. The van der Waals surface area contributed by atoms with Crippen LogP contribution in [0.15, 0.2) is 0 Å². The van der Waals surface area contributed by atoms with E-state index in [9.17, 15) is 101 Å². The van der Waals surface area contributed by atoms with Gasteiger partial charge in [-0.2, -0.15) is 0 Å². The fourth-order valence-electron chi connectivity index (χ4n) is 8.92. The Bertz CT molecular complexity index is 1770. The summed E-state index contributed by atoms with van der Waals surface area (Å²) >= 11 is 0. The summed E-state index contributed by atoms with van der Waals surface area (Å²) in [5, 5.41) is 179. The topological polar surface area (TPSA) is 515 Å². The van der Waals surface area contributed by atoms with Crippen LogP contribution in [0.1, 0.15) is 6.92 Å². The molecule has 6 rings (SSSR count). The Hall–Kier alpha value is -2.67. The molecule has 6 heterocycles. The van der Waals surface area contributed by atoms with Crippen molar-refractivity contribution >= 4 is 17.9 Å². The second-order valence-electron chi connectivity index (χ2n) is 17.3. The number of carboxylic acid groups (broad SMARTS) is 3. The predicted molar refractivity (Wildman–Crippen MR) is 209 cm³/mol. The maximum Gasteiger partial charge on any atom is 0.335 e. The average molecular weight is 1040 g/mol. The highest BCUT2D eigenvalue weighted by Gasteiger charge is 2.59. The highest BCUT2D eigenvalue weighted by Crippen LogP contribution is 2.37. The zero-order valence-electron chi connectivity index (χ0n) is 37.4. The first kappa shape index (κ1) is 57.6. The standard InChI is InChI=1S/C38H60O33/c1-6-20(64-38-19(51)23(60-3)21(8(5-40)63-38)65-37-18(50)22(59-2)9(41)7(4-39)62-37)17(49)27(33(58)61-6)69-36-16(48)13(45)25(29(71-36)32(56)57)67-35-15(47)12(44)24(28(70-35)31(54)55)66-34-14(46)10(42)11(43)26(68-34)30(52)53/h6-29,33-51,58H,4-5H2,1-3H3,(H,52,53)(H,54,55)(H,56,57)/t6-,7+,8+,9-,10-,11+,12+,13+,14+,15+,16+,17+,18+,19+,20-,21-,22-,23+,24+,25+,26-,27+,28-,29-,33?,34-,35-,36-,37-,38-/m0/s1. The summed E-state index contributed by atoms with van der Waals surface area (Å²) in [5.74, 6) is -5.81. The summed E-state index contributed by atoms with van der Waals surface area (Å²) in [6.07, 6.45) is -60.1. The molecule has 6 aliphatic rings. The van der Waals surface area contributed by atoms with Crippen LogP contribution in [0.4, 0.5) is 0 Å². The molecule has 0 amide bonds. The van der Waals surface area contributed by atoms with Crippen LogP contribution in [-0.2, 0) is 76.0 Å². The van der Waals surface area contributed by atoms with Crippen LogP contribution >= 0.6 is 0 Å². The van der Waals surface area contributed by atoms with Gasteiger partial charge in [0, 0.05) is 14.2 Å². The monoisotopic (exact) mass is 1040 g/mol. The molecular formula is C38H60O33. The Morgan fingerprint density at radius 3 is 1.20 bits per heavy atom. The minimum atomic E-state index is -2.46. The molecule has 0 saturated carbocycles. The Balaban J connectivity index is 1.12. The van der Waals surface area contributed by atoms with Crippen LogP contribution in [0, 0.1) is 0 Å². The first-order valence-corrected chi connectivity index (χ1v) is 21.7. The zero-order valence-corrected chi connectivity index (χ0v) is 37.4. The lowest BCUT2D eigenvalue weighted by Gasteiger charge is -2.49. The second kappa shape index (κ2) is 23.9. The summed E-state index contributed by atoms with van der Waals surface area (Å²) in [7, 11) is 2.29. The minimum Gasteiger partial charge on any atom is -0.479 e. The van der Waals surface area contributed by atoms with Crippen LogP contribution in [0.2, 0.25) is 0 Å². The molecule has 30 atom stereocenters. The van der Waals surface area contributed by atoms with E-state index in [0.717, 1.165) is 7.11 Å². The third-order valence-electron chi connectivity index (χ3n) is 12.8. The highest BCUT2D eigenvalue weighted by molar-refractivity contribution is 5.74. The predicted octanol–water partition coefficient (Wildman–Crippen LogP) is -11.5. The van der Waals surface area contributed by atoms with Crippen molar-refractivity contribution in [3.05, 3.63) is 0 Å². The number of ether oxygens (including phenoxy) is 13. The number of hydrogen-bond donors (Lipinski definition) is 17. The summed E-state index contributed by atoms with van der Waals surface area (Å²) in [4.78, 5) is 36.4. The molecule has 0 aromatic rings. The van der Waals surface area contributed by atoms with E-state index in [-0.39, 0.29) is 0 Å². The van der Waals surface area contributed by atoms with E-state index in [1.165, 1.54) is 14.0 Å². The number of carbonyl (C=O) groups is 3. The van der Waals surface area contributed by atoms with Crippen molar-refractivity contribution in [2.75, 3.05) is 27.4 Å². The minimum absolute atomic E-state index is 0.730. The molecule has 6 saturated heterocycles. The summed E-state index contributed by atoms with van der Waals surface area (Å²) in [6.45, 7) is -0.315. The lowest BCUT2D eigenvalue weighted by Crippen LogP contribution is -2.68. The van der Waals surface area contributed by atoms with Gasteiger partial charge in [-0.3, -0.25) is 0 Å². The lowest BCUT2D eigenvalue weighted by molar-refractivity contribution is -0.394. The van der Waals surface area contributed by atoms with Gasteiger partial charge in [-0.1, -0.05) is 0 Å². The van der Waals surface area contributed by atoms with Crippen molar-refractivity contribution in [2.24, 2.45) is 0 Å². The largest absolute Gasteiger partial charge is 0.479 e. The maximum atomic E-state index is 12.5. The first-order valence-electron chi connectivity index (χ1n) is 21.7. The van der Waals surface area contributed by atoms with Crippen molar-refractivity contribution in [1.82, 2.24) is 0 Å². The molecule has 0 radical (unpaired) electrons. The molecule has 6 fully saturated rings. The number of methoxy groups -OCH3 is 2. The van der Waals surface area contributed by atoms with E-state index >= 15 is 0 Å². The number of aliphatic carboxylic acids is 3. The van der Waals surface area contributed by atoms with Gasteiger partial charge in [0.15, 0.2) is 56.1 Å². The first-order chi connectivity index (χ1) is 33.4. The van der Waals surface area contributed by atoms with Crippen LogP contribution < -0.4 is 0 Å². The number of carboxylic acids is 3. The molecule has 0 aromatic heterocycles. The smallest absolute Gasteiger partial charge is 0.335 e. The van der Waals surface area contributed by atoms with Crippen LogP contribution in [0.5, 0.6) is 0 Å². The van der Waals surface area contributed by atoms with Gasteiger partial charge in [0.2, 0.25) is 0 Å². The second-order valence-corrected chi connectivity index (χ2v) is 17.3. The molecule has 33 heteroatoms. The van der Waals surface area contributed by atoms with Crippen molar-refractivity contribution in [2.45, 2.75) is 191 Å². The molecule has 0 aliphatic carbocycles. The van der Waals surface area contributed by atoms with E-state index in [1.807, 2.05) is 0 Å². The molecule has 0 spiro atoms. The van der Waals surface area contributed by atoms with Gasteiger partial charge in [0.25, 0.3) is 0 Å². The number of hydrogen-bond acceptors (Lipinski definition) is 30. The lowest BCUT2D eigenvalue weighted by atomic mass is 9.95. The van der Waals surface area contributed by atoms with Gasteiger partial charge < -0.3 is 148 Å². The Morgan fingerprint density at radius 1 is 0.366 bits per heavy atom. The summed E-state index contributed by atoms with van der Waals surface area (Å²) in [6, 6.07) is 0. The van der Waals surface area contributed by atoms with Gasteiger partial charge in [-0.05, 0) is 6.92 Å². The van der Waals surface area contributed by atoms with Crippen LogP contribution in [0.3, 0.4) is 0 Å². The van der Waals surface area contributed by atoms with Crippen molar-refractivity contribution < 1.29 is 163 Å². The van der Waals surface area contributed by atoms with Crippen LogP contribution in [0.25, 0.3) is 0 Å². The fourth-order valence-corrected chi connectivity index (χ4v) is 8.92. The van der Waals surface area contributed by atoms with Gasteiger partial charge in [-0.25, -0.2) is 14.4 Å². The summed E-state index contributed by atoms with van der Waals surface area (Å²) < 4.78 is 70.8. The molecular weight excluding hydrogens is 984 g/mol. The van der Waals surface area contributed by atoms with Crippen molar-refractivity contribution in [3.8, 4) is 0 Å². The third-order valence-corrected chi connectivity index (χ3v) is 12.8. The molecule has 410 valence electrons. The molecule has 0 aromatic carbocycles. The van der Waals surface area contributed by atoms with Gasteiger partial charge >= 0.3 is 17.9 Å². The molecule has 6 aliphatic heterocycles. The molecule has 1 unspecified atom stereocenters. The van der Waals surface area contributed by atoms with Gasteiger partial charge in [-0.15, -0.1) is 0 Å². The number of aliphatic hydroxyl groups is 14. The normalized spacial score (nSPS) is 50.8. The van der Waals surface area contributed by atoms with Crippen LogP contribution in [-0.4, -0.2) is 316 Å². The fraction of sp³-hybridized carbons (Fsp3) is 0.921. The number of rotatable bonds is 17. The quantitative estimate of drug-likeness (QED) is 0.0643. The van der Waals surface area contributed by atoms with E-state index in [2.05, 4.69) is 0 Å². The van der Waals surface area contributed by atoms with Gasteiger partial charge in [0.05, 0.1) is 19.3 Å². The maximum absolute atomic E-state index is 12.5. The molecule has 0 bridgehead atoms. The molecule has 17 N–H and O–H groups in total. The van der Waals surface area contributed by atoms with Gasteiger partial charge in [0.1, 0.15) is 122 Å². The Labute approximate surface area is 399 Å². The number of aliphatic hydroxyl groups excluding tert-OH is 14. The van der Waals surface area contributed by atoms with Crippen molar-refractivity contribution in [1.29, 1.82) is 0 Å².